The zero-order valence-corrected chi connectivity index (χ0v) is 26.0. The summed E-state index contributed by atoms with van der Waals surface area (Å²) in [5.41, 5.74) is 1.70. The van der Waals surface area contributed by atoms with Crippen molar-refractivity contribution in [3.05, 3.63) is 76.7 Å². The number of rotatable bonds is 1. The first-order valence-electron chi connectivity index (χ1n) is 11.7. The van der Waals surface area contributed by atoms with Crippen LogP contribution in [0.1, 0.15) is 41.9 Å². The third kappa shape index (κ3) is 5.13. The summed E-state index contributed by atoms with van der Waals surface area (Å²) in [7, 11) is 0. The van der Waals surface area contributed by atoms with Crippen molar-refractivity contribution < 1.29 is 30.7 Å². The molecule has 2 atom stereocenters. The molecule has 0 spiro atoms. The van der Waals surface area contributed by atoms with Gasteiger partial charge >= 0.3 is 22.5 Å². The maximum absolute atomic E-state index is 13.8. The first kappa shape index (κ1) is 30.0. The van der Waals surface area contributed by atoms with Crippen molar-refractivity contribution in [2.24, 2.45) is 0 Å². The van der Waals surface area contributed by atoms with Gasteiger partial charge in [-0.1, -0.05) is 0 Å². The molecule has 210 valence electrons. The predicted molar refractivity (Wildman–Crippen MR) is 149 cm³/mol. The van der Waals surface area contributed by atoms with Gasteiger partial charge in [0.25, 0.3) is 11.1 Å². The van der Waals surface area contributed by atoms with Crippen LogP contribution in [0.25, 0.3) is 21.8 Å². The zero-order chi connectivity index (χ0) is 29.5. The number of aromatic nitrogens is 2. The van der Waals surface area contributed by atoms with Gasteiger partial charge in [-0.25, -0.2) is 8.78 Å². The van der Waals surface area contributed by atoms with E-state index in [1.54, 1.807) is 17.6 Å². The maximum atomic E-state index is 13.8. The van der Waals surface area contributed by atoms with Gasteiger partial charge in [0.1, 0.15) is 24.8 Å². The van der Waals surface area contributed by atoms with Crippen molar-refractivity contribution in [3.63, 3.8) is 0 Å². The van der Waals surface area contributed by atoms with Gasteiger partial charge in [-0.15, -0.1) is 0 Å². The van der Waals surface area contributed by atoms with Gasteiger partial charge in [-0.3, -0.25) is 23.5 Å². The SMILES string of the molecule is CC1COc2c(Br)c(F)cc3c(C=O)cc(=O)n1c23.Cc1cc(=O)n2c3c(c(Br)c(F)cc13)OCC2C.O=[Se]=O. The van der Waals surface area contributed by atoms with E-state index in [1.165, 1.54) is 22.8 Å². The summed E-state index contributed by atoms with van der Waals surface area (Å²) in [6, 6.07) is 5.24. The van der Waals surface area contributed by atoms with Gasteiger partial charge in [-0.05, 0) is 70.3 Å². The molecule has 2 aromatic carbocycles. The van der Waals surface area contributed by atoms with E-state index in [2.05, 4.69) is 31.9 Å². The predicted octanol–water partition coefficient (Wildman–Crippen LogP) is 5.22. The fourth-order valence-electron chi connectivity index (χ4n) is 4.81. The topological polar surface area (TPSA) is 114 Å². The van der Waals surface area contributed by atoms with Crippen LogP contribution in [0.5, 0.6) is 11.5 Å². The van der Waals surface area contributed by atoms with Crippen LogP contribution in [0.3, 0.4) is 0 Å². The van der Waals surface area contributed by atoms with Crippen molar-refractivity contribution in [2.45, 2.75) is 32.9 Å². The average Bonchev–Trinajstić information content (AvgIpc) is 2.91. The molecule has 2 aromatic heterocycles. The van der Waals surface area contributed by atoms with Crippen molar-refractivity contribution >= 4 is 74.8 Å². The number of ether oxygens (including phenoxy) is 2. The van der Waals surface area contributed by atoms with E-state index >= 15 is 0 Å². The normalized spacial score (nSPS) is 16.6. The summed E-state index contributed by atoms with van der Waals surface area (Å²) in [5, 5.41) is 1.11. The molecule has 0 aliphatic carbocycles. The van der Waals surface area contributed by atoms with Crippen LogP contribution in [0.4, 0.5) is 8.78 Å². The molecule has 0 amide bonds. The monoisotopic (exact) mass is 748 g/mol. The molecule has 6 rings (SSSR count). The molecular weight excluding hydrogens is 729 g/mol. The van der Waals surface area contributed by atoms with Crippen molar-refractivity contribution in [2.75, 3.05) is 13.2 Å². The van der Waals surface area contributed by atoms with Gasteiger partial charge in [-0.2, -0.15) is 0 Å². The zero-order valence-electron chi connectivity index (χ0n) is 21.1. The Bertz CT molecular complexity index is 1850. The Morgan fingerprint density at radius 3 is 1.75 bits per heavy atom. The molecule has 0 N–H and O–H groups in total. The third-order valence-electron chi connectivity index (χ3n) is 6.56. The van der Waals surface area contributed by atoms with Gasteiger partial charge in [0.15, 0.2) is 17.8 Å². The van der Waals surface area contributed by atoms with Crippen LogP contribution in [0, 0.1) is 18.6 Å². The first-order valence-corrected chi connectivity index (χ1v) is 14.7. The Morgan fingerprint density at radius 2 is 1.27 bits per heavy atom. The van der Waals surface area contributed by atoms with Gasteiger partial charge in [0, 0.05) is 28.5 Å². The number of carbonyl (C=O) groups excluding carboxylic acids is 1. The molecule has 0 radical (unpaired) electrons. The number of hydrogen-bond donors (Lipinski definition) is 0. The van der Waals surface area contributed by atoms with E-state index in [-0.39, 0.29) is 55.9 Å². The summed E-state index contributed by atoms with van der Waals surface area (Å²) < 4.78 is 59.3. The molecule has 2 aliphatic heterocycles. The van der Waals surface area contributed by atoms with Crippen molar-refractivity contribution in [1.29, 1.82) is 0 Å². The molecule has 9 nitrogen and oxygen atoms in total. The van der Waals surface area contributed by atoms with Crippen LogP contribution in [0.2, 0.25) is 0 Å². The van der Waals surface area contributed by atoms with Crippen molar-refractivity contribution in [3.8, 4) is 11.5 Å². The summed E-state index contributed by atoms with van der Waals surface area (Å²) in [5.74, 6) is -0.205. The number of hydrogen-bond acceptors (Lipinski definition) is 7. The van der Waals surface area contributed by atoms with Gasteiger partial charge in [0.2, 0.25) is 0 Å². The van der Waals surface area contributed by atoms with E-state index < -0.39 is 20.6 Å². The molecule has 0 bridgehead atoms. The third-order valence-corrected chi connectivity index (χ3v) is 8.04. The Morgan fingerprint density at radius 1 is 0.850 bits per heavy atom. The molecule has 4 aromatic rings. The number of aryl methyl sites for hydroxylation is 1. The van der Waals surface area contributed by atoms with E-state index in [0.29, 0.717) is 35.1 Å². The second-order valence-electron chi connectivity index (χ2n) is 9.14. The summed E-state index contributed by atoms with van der Waals surface area (Å²) >= 11 is 4.68. The van der Waals surface area contributed by atoms with Crippen LogP contribution in [-0.2, 0) is 7.67 Å². The Kier molecular flexibility index (Phi) is 8.93. The van der Waals surface area contributed by atoms with Gasteiger partial charge in [0.05, 0.1) is 32.1 Å². The van der Waals surface area contributed by atoms with Gasteiger partial charge < -0.3 is 9.47 Å². The van der Waals surface area contributed by atoms with E-state index in [4.69, 9.17) is 17.1 Å². The average molecular weight is 749 g/mol. The Balaban J connectivity index is 0.000000169. The summed E-state index contributed by atoms with van der Waals surface area (Å²) in [6.45, 7) is 6.20. The molecular formula is C26H20Br2F2N2O7Se. The number of pyridine rings is 2. The number of carbonyl (C=O) groups is 1. The van der Waals surface area contributed by atoms with E-state index in [0.717, 1.165) is 10.9 Å². The van der Waals surface area contributed by atoms with Crippen LogP contribution in [-0.4, -0.2) is 43.5 Å². The molecule has 14 heteroatoms. The fourth-order valence-corrected chi connectivity index (χ4v) is 5.65. The Hall–Kier alpha value is -2.93. The molecule has 0 fully saturated rings. The molecule has 0 saturated heterocycles. The molecule has 2 unspecified atom stereocenters. The molecule has 4 heterocycles. The quantitative estimate of drug-likeness (QED) is 0.194. The fraction of sp³-hybridized carbons (Fsp3) is 0.269. The second kappa shape index (κ2) is 11.9. The van der Waals surface area contributed by atoms with Crippen molar-refractivity contribution in [1.82, 2.24) is 9.13 Å². The number of benzene rings is 2. The molecule has 0 saturated carbocycles. The number of aldehydes is 1. The number of halogens is 4. The van der Waals surface area contributed by atoms with E-state index in [1.807, 2.05) is 13.8 Å². The number of nitrogens with zero attached hydrogens (tertiary/aromatic N) is 2. The van der Waals surface area contributed by atoms with Crippen LogP contribution < -0.4 is 20.6 Å². The molecule has 2 aliphatic rings. The Labute approximate surface area is 247 Å². The summed E-state index contributed by atoms with van der Waals surface area (Å²) in [6.07, 6.45) is 0.553. The summed E-state index contributed by atoms with van der Waals surface area (Å²) in [4.78, 5) is 35.2. The minimum absolute atomic E-state index is 0.0505. The van der Waals surface area contributed by atoms with Crippen LogP contribution in [0.15, 0.2) is 42.8 Å². The standard InChI is InChI=1S/C13H9BrFNO3.C13H11BrFNO2.O2Se/c1-6-5-19-13-11(14)9(15)3-8-7(4-17)2-10(18)16(6)12(8)13;1-6-3-10(17)16-7(2)5-18-13-11(14)9(15)4-8(6)12(13)16;1-3-2/h2-4,6H,5H2,1H3;3-4,7H,5H2,1-2H3;. The van der Waals surface area contributed by atoms with Crippen LogP contribution >= 0.6 is 31.9 Å². The first-order chi connectivity index (χ1) is 19.0. The minimum atomic E-state index is -1.62. The molecule has 40 heavy (non-hydrogen) atoms. The van der Waals surface area contributed by atoms with E-state index in [9.17, 15) is 23.2 Å². The second-order valence-corrected chi connectivity index (χ2v) is 11.0.